The highest BCUT2D eigenvalue weighted by molar-refractivity contribution is 9.10. The predicted molar refractivity (Wildman–Crippen MR) is 71.8 cm³/mol. The van der Waals surface area contributed by atoms with Gasteiger partial charge in [0.25, 0.3) is 0 Å². The van der Waals surface area contributed by atoms with Gasteiger partial charge in [0, 0.05) is 11.4 Å². The molecule has 1 aromatic rings. The first-order valence-corrected chi connectivity index (χ1v) is 7.18. The van der Waals surface area contributed by atoms with Crippen molar-refractivity contribution in [2.45, 2.75) is 19.8 Å². The Bertz CT molecular complexity index is 331. The normalized spacial score (nSPS) is 12.5. The Kier molecular flexibility index (Phi) is 6.36. The van der Waals surface area contributed by atoms with Gasteiger partial charge in [-0.2, -0.15) is 0 Å². The fourth-order valence-corrected chi connectivity index (χ4v) is 2.43. The minimum atomic E-state index is -0.272. The first-order valence-electron chi connectivity index (χ1n) is 5.27. The summed E-state index contributed by atoms with van der Waals surface area (Å²) in [7, 11) is 0. The van der Waals surface area contributed by atoms with Crippen LogP contribution in [0.5, 0.6) is 5.75 Å². The average Bonchev–Trinajstić information content (AvgIpc) is 2.23. The number of rotatable bonds is 6. The number of benzene rings is 1. The van der Waals surface area contributed by atoms with Crippen molar-refractivity contribution in [2.24, 2.45) is 5.92 Å². The average molecular weight is 354 g/mol. The van der Waals surface area contributed by atoms with Crippen molar-refractivity contribution in [1.82, 2.24) is 0 Å². The van der Waals surface area contributed by atoms with Crippen molar-refractivity contribution in [3.8, 4) is 5.75 Å². The molecule has 0 fully saturated rings. The Morgan fingerprint density at radius 3 is 2.81 bits per heavy atom. The third kappa shape index (κ3) is 4.83. The fourth-order valence-electron chi connectivity index (χ4n) is 1.29. The monoisotopic (exact) mass is 352 g/mol. The molecular formula is C12H15Br2FO. The number of hydrogen-bond acceptors (Lipinski definition) is 1. The van der Waals surface area contributed by atoms with E-state index in [1.165, 1.54) is 12.1 Å². The van der Waals surface area contributed by atoms with E-state index in [1.54, 1.807) is 6.07 Å². The molecule has 1 atom stereocenters. The molecule has 0 saturated heterocycles. The molecule has 16 heavy (non-hydrogen) atoms. The first kappa shape index (κ1) is 14.0. The summed E-state index contributed by atoms with van der Waals surface area (Å²) >= 11 is 6.74. The van der Waals surface area contributed by atoms with Gasteiger partial charge in [-0.15, -0.1) is 0 Å². The lowest BCUT2D eigenvalue weighted by atomic mass is 10.1. The van der Waals surface area contributed by atoms with Gasteiger partial charge in [-0.05, 0) is 46.8 Å². The topological polar surface area (TPSA) is 9.23 Å². The molecule has 0 radical (unpaired) electrons. The van der Waals surface area contributed by atoms with Gasteiger partial charge in [-0.3, -0.25) is 0 Å². The zero-order valence-electron chi connectivity index (χ0n) is 9.18. The van der Waals surface area contributed by atoms with Gasteiger partial charge < -0.3 is 4.74 Å². The minimum Gasteiger partial charge on any atom is -0.492 e. The minimum absolute atomic E-state index is 0.272. The molecule has 0 aliphatic carbocycles. The van der Waals surface area contributed by atoms with Crippen molar-refractivity contribution in [2.75, 3.05) is 11.9 Å². The van der Waals surface area contributed by atoms with Crippen LogP contribution in [0.3, 0.4) is 0 Å². The van der Waals surface area contributed by atoms with E-state index < -0.39 is 0 Å². The third-order valence-corrected chi connectivity index (χ3v) is 3.48. The van der Waals surface area contributed by atoms with Crippen LogP contribution in [0, 0.1) is 11.7 Å². The molecule has 1 rings (SSSR count). The molecule has 0 bridgehead atoms. The number of hydrogen-bond donors (Lipinski definition) is 0. The second kappa shape index (κ2) is 7.28. The van der Waals surface area contributed by atoms with Crippen molar-refractivity contribution in [1.29, 1.82) is 0 Å². The van der Waals surface area contributed by atoms with Crippen LogP contribution < -0.4 is 4.74 Å². The molecule has 0 N–H and O–H groups in total. The van der Waals surface area contributed by atoms with Gasteiger partial charge >= 0.3 is 0 Å². The van der Waals surface area contributed by atoms with Crippen molar-refractivity contribution in [3.05, 3.63) is 28.5 Å². The maximum Gasteiger partial charge on any atom is 0.136 e. The third-order valence-electron chi connectivity index (χ3n) is 2.36. The van der Waals surface area contributed by atoms with Crippen LogP contribution in [-0.2, 0) is 0 Å². The molecule has 1 aromatic carbocycles. The highest BCUT2D eigenvalue weighted by Gasteiger charge is 2.05. The Morgan fingerprint density at radius 2 is 2.12 bits per heavy atom. The van der Waals surface area contributed by atoms with Gasteiger partial charge in [-0.1, -0.05) is 22.9 Å². The Hall–Kier alpha value is -0.0900. The van der Waals surface area contributed by atoms with Crippen molar-refractivity contribution >= 4 is 31.9 Å². The molecule has 0 aromatic heterocycles. The smallest absolute Gasteiger partial charge is 0.136 e. The van der Waals surface area contributed by atoms with Gasteiger partial charge in [0.15, 0.2) is 0 Å². The number of alkyl halides is 1. The molecule has 0 saturated carbocycles. The van der Waals surface area contributed by atoms with Crippen LogP contribution >= 0.6 is 31.9 Å². The molecule has 0 aliphatic heterocycles. The molecule has 1 unspecified atom stereocenters. The Balaban J connectivity index is 2.39. The number of halogens is 3. The summed E-state index contributed by atoms with van der Waals surface area (Å²) in [6, 6.07) is 4.47. The molecular weight excluding hydrogens is 339 g/mol. The summed E-state index contributed by atoms with van der Waals surface area (Å²) in [5, 5.41) is 1.01. The predicted octanol–water partition coefficient (Wildman–Crippen LogP) is 4.78. The fraction of sp³-hybridized carbons (Fsp3) is 0.500. The van der Waals surface area contributed by atoms with E-state index in [0.29, 0.717) is 18.3 Å². The summed E-state index contributed by atoms with van der Waals surface area (Å²) < 4.78 is 19.3. The van der Waals surface area contributed by atoms with Gasteiger partial charge in [0.1, 0.15) is 11.6 Å². The maximum atomic E-state index is 12.9. The van der Waals surface area contributed by atoms with Crippen LogP contribution in [0.2, 0.25) is 0 Å². The van der Waals surface area contributed by atoms with E-state index in [0.717, 1.165) is 22.6 Å². The van der Waals surface area contributed by atoms with E-state index in [4.69, 9.17) is 4.74 Å². The van der Waals surface area contributed by atoms with E-state index in [2.05, 4.69) is 38.8 Å². The van der Waals surface area contributed by atoms with Gasteiger partial charge in [0.2, 0.25) is 0 Å². The lowest BCUT2D eigenvalue weighted by molar-refractivity contribution is 0.279. The summed E-state index contributed by atoms with van der Waals surface area (Å²) in [5.74, 6) is 0.921. The zero-order chi connectivity index (χ0) is 12.0. The Labute approximate surface area is 113 Å². The van der Waals surface area contributed by atoms with Crippen LogP contribution in [0.1, 0.15) is 19.8 Å². The van der Waals surface area contributed by atoms with Crippen molar-refractivity contribution in [3.63, 3.8) is 0 Å². The van der Waals surface area contributed by atoms with E-state index >= 15 is 0 Å². The highest BCUT2D eigenvalue weighted by Crippen LogP contribution is 2.25. The summed E-state index contributed by atoms with van der Waals surface area (Å²) in [4.78, 5) is 0. The van der Waals surface area contributed by atoms with Crippen molar-refractivity contribution < 1.29 is 9.13 Å². The largest absolute Gasteiger partial charge is 0.492 e. The van der Waals surface area contributed by atoms with E-state index in [9.17, 15) is 4.39 Å². The lowest BCUT2D eigenvalue weighted by Gasteiger charge is -2.11. The number of ether oxygens (including phenoxy) is 1. The highest BCUT2D eigenvalue weighted by atomic mass is 79.9. The molecule has 1 nitrogen and oxygen atoms in total. The molecule has 0 aliphatic rings. The van der Waals surface area contributed by atoms with Gasteiger partial charge in [-0.25, -0.2) is 4.39 Å². The summed E-state index contributed by atoms with van der Waals surface area (Å²) in [6.07, 6.45) is 2.11. The van der Waals surface area contributed by atoms with Crippen LogP contribution in [0.4, 0.5) is 4.39 Å². The standard InChI is InChI=1S/C12H15Br2FO/c1-9(4-6-13)5-7-16-12-8-10(15)2-3-11(12)14/h2-3,8-9H,4-7H2,1H3. The molecule has 4 heteroatoms. The Morgan fingerprint density at radius 1 is 1.38 bits per heavy atom. The summed E-state index contributed by atoms with van der Waals surface area (Å²) in [6.45, 7) is 2.81. The molecule has 0 heterocycles. The zero-order valence-corrected chi connectivity index (χ0v) is 12.4. The molecule has 0 amide bonds. The van der Waals surface area contributed by atoms with Gasteiger partial charge in [0.05, 0.1) is 11.1 Å². The van der Waals surface area contributed by atoms with E-state index in [1.807, 2.05) is 0 Å². The second-order valence-corrected chi connectivity index (χ2v) is 5.44. The SMILES string of the molecule is CC(CCBr)CCOc1cc(F)ccc1Br. The van der Waals surface area contributed by atoms with Crippen LogP contribution in [0.25, 0.3) is 0 Å². The van der Waals surface area contributed by atoms with E-state index in [-0.39, 0.29) is 5.82 Å². The van der Waals surface area contributed by atoms with Crippen LogP contribution in [0.15, 0.2) is 22.7 Å². The molecule has 90 valence electrons. The maximum absolute atomic E-state index is 12.9. The molecule has 0 spiro atoms. The first-order chi connectivity index (χ1) is 7.63. The lowest BCUT2D eigenvalue weighted by Crippen LogP contribution is -2.05. The summed E-state index contributed by atoms with van der Waals surface area (Å²) in [5.41, 5.74) is 0. The quantitative estimate of drug-likeness (QED) is 0.669. The second-order valence-electron chi connectivity index (χ2n) is 3.79. The van der Waals surface area contributed by atoms with Crippen LogP contribution in [-0.4, -0.2) is 11.9 Å².